The van der Waals surface area contributed by atoms with E-state index in [-0.39, 0.29) is 12.7 Å². The fourth-order valence-electron chi connectivity index (χ4n) is 1.40. The molecule has 0 fully saturated rings. The third-order valence-electron chi connectivity index (χ3n) is 2.64. The highest BCUT2D eigenvalue weighted by molar-refractivity contribution is 7.80. The number of unbranched alkanes of at least 4 members (excludes halogenated alkanes) is 7. The molecule has 0 heterocycles. The van der Waals surface area contributed by atoms with Gasteiger partial charge in [-0.15, -0.1) is 0 Å². The molecule has 0 bridgehead atoms. The Kier molecular flexibility index (Phi) is 16.8. The molecule has 0 aliphatic rings. The summed E-state index contributed by atoms with van der Waals surface area (Å²) in [6.45, 7) is 4.54. The molecule has 0 amide bonds. The molecule has 0 radical (unpaired) electrons. The van der Waals surface area contributed by atoms with Crippen molar-refractivity contribution in [2.75, 3.05) is 13.2 Å². The molecule has 0 aromatic carbocycles. The first kappa shape index (κ1) is 22.1. The molecule has 0 aliphatic heterocycles. The number of hydrogen-bond donors (Lipinski definition) is 2. The number of aliphatic hydroxyl groups excluding tert-OH is 1. The highest BCUT2D eigenvalue weighted by Crippen LogP contribution is 2.08. The Morgan fingerprint density at radius 3 is 1.85 bits per heavy atom. The number of rotatable bonds is 11. The van der Waals surface area contributed by atoms with Crippen LogP contribution >= 0.6 is 0 Å². The van der Waals surface area contributed by atoms with E-state index in [0.29, 0.717) is 13.0 Å². The second-order valence-electron chi connectivity index (χ2n) is 4.84. The molecule has 0 aliphatic carbocycles. The van der Waals surface area contributed by atoms with Gasteiger partial charge in [0.2, 0.25) is 10.4 Å². The summed E-state index contributed by atoms with van der Waals surface area (Å²) in [5.74, 6) is 0. The van der Waals surface area contributed by atoms with Gasteiger partial charge in [-0.25, -0.2) is 8.42 Å². The van der Waals surface area contributed by atoms with Crippen molar-refractivity contribution in [1.29, 1.82) is 0 Å². The first-order valence-electron chi connectivity index (χ1n) is 7.41. The summed E-state index contributed by atoms with van der Waals surface area (Å²) in [5.41, 5.74) is 3.44. The van der Waals surface area contributed by atoms with Crippen LogP contribution in [0.15, 0.2) is 0 Å². The Morgan fingerprint density at radius 1 is 1.10 bits per heavy atom. The van der Waals surface area contributed by atoms with Gasteiger partial charge in [0.1, 0.15) is 6.54 Å². The topological polar surface area (TPSA) is 114 Å². The van der Waals surface area contributed by atoms with Crippen LogP contribution < -0.4 is 5.73 Å². The van der Waals surface area contributed by atoms with Crippen molar-refractivity contribution in [3.63, 3.8) is 0 Å². The largest absolute Gasteiger partial charge is 0.726 e. The van der Waals surface area contributed by atoms with Crippen LogP contribution in [0.3, 0.4) is 0 Å². The molecule has 0 aromatic heterocycles. The third kappa shape index (κ3) is 26.4. The minimum atomic E-state index is -4.48. The molecule has 1 atom stereocenters. The van der Waals surface area contributed by atoms with Gasteiger partial charge < -0.3 is 15.4 Å². The van der Waals surface area contributed by atoms with E-state index in [0.717, 1.165) is 12.8 Å². The summed E-state index contributed by atoms with van der Waals surface area (Å²) >= 11 is 0. The van der Waals surface area contributed by atoms with E-state index in [4.69, 9.17) is 5.11 Å². The number of quaternary nitrogens is 1. The molecule has 4 N–H and O–H groups in total. The molecule has 0 aromatic rings. The first-order valence-corrected chi connectivity index (χ1v) is 8.74. The van der Waals surface area contributed by atoms with Gasteiger partial charge in [-0.2, -0.15) is 0 Å². The average Bonchev–Trinajstić information content (AvgIpc) is 2.36. The summed E-state index contributed by atoms with van der Waals surface area (Å²) in [6.07, 6.45) is 8.69. The maximum atomic E-state index is 10.1. The standard InChI is InChI=1S/C10H22O4S.C3H9NO/c1-2-3-4-5-6-7-8-9-10-14-15(11,12)13;1-3(5)2-4/h2-10H2,1H3,(H,11,12,13);3,5H,2,4H2,1H3. The normalized spacial score (nSPS) is 12.7. The fraction of sp³-hybridized carbons (Fsp3) is 1.00. The van der Waals surface area contributed by atoms with Gasteiger partial charge >= 0.3 is 0 Å². The van der Waals surface area contributed by atoms with Gasteiger partial charge in [0.15, 0.2) is 0 Å². The van der Waals surface area contributed by atoms with Crippen molar-refractivity contribution < 1.29 is 28.0 Å². The van der Waals surface area contributed by atoms with Crippen molar-refractivity contribution in [3.8, 4) is 0 Å². The predicted molar refractivity (Wildman–Crippen MR) is 77.7 cm³/mol. The lowest BCUT2D eigenvalue weighted by Gasteiger charge is -2.06. The zero-order valence-corrected chi connectivity index (χ0v) is 13.7. The van der Waals surface area contributed by atoms with Crippen molar-refractivity contribution in [2.45, 2.75) is 71.3 Å². The summed E-state index contributed by atoms with van der Waals surface area (Å²) < 4.78 is 34.3. The van der Waals surface area contributed by atoms with Crippen LogP contribution in [0.2, 0.25) is 0 Å². The summed E-state index contributed by atoms with van der Waals surface area (Å²) in [7, 11) is -4.48. The van der Waals surface area contributed by atoms with Gasteiger partial charge in [0.05, 0.1) is 12.7 Å². The van der Waals surface area contributed by atoms with Crippen molar-refractivity contribution >= 4 is 10.4 Å². The lowest BCUT2D eigenvalue weighted by atomic mass is 10.1. The van der Waals surface area contributed by atoms with Crippen molar-refractivity contribution in [1.82, 2.24) is 0 Å². The highest BCUT2D eigenvalue weighted by Gasteiger charge is 1.95. The van der Waals surface area contributed by atoms with E-state index in [2.05, 4.69) is 16.8 Å². The van der Waals surface area contributed by atoms with Crippen LogP contribution in [-0.4, -0.2) is 37.3 Å². The molecule has 20 heavy (non-hydrogen) atoms. The van der Waals surface area contributed by atoms with E-state index in [9.17, 15) is 13.0 Å². The monoisotopic (exact) mass is 313 g/mol. The second-order valence-corrected chi connectivity index (χ2v) is 5.89. The molecule has 6 nitrogen and oxygen atoms in total. The van der Waals surface area contributed by atoms with Crippen LogP contribution in [0.25, 0.3) is 0 Å². The minimum Gasteiger partial charge on any atom is -0.726 e. The van der Waals surface area contributed by atoms with E-state index >= 15 is 0 Å². The lowest BCUT2D eigenvalue weighted by Crippen LogP contribution is -2.54. The van der Waals surface area contributed by atoms with Crippen LogP contribution in [0.5, 0.6) is 0 Å². The van der Waals surface area contributed by atoms with E-state index < -0.39 is 10.4 Å². The van der Waals surface area contributed by atoms with E-state index in [1.165, 1.54) is 32.1 Å². The number of hydrogen-bond acceptors (Lipinski definition) is 5. The van der Waals surface area contributed by atoms with Crippen LogP contribution in [-0.2, 0) is 14.6 Å². The molecule has 0 saturated carbocycles. The van der Waals surface area contributed by atoms with Crippen molar-refractivity contribution in [3.05, 3.63) is 0 Å². The number of aliphatic hydroxyl groups is 1. The van der Waals surface area contributed by atoms with Gasteiger partial charge in [-0.05, 0) is 13.3 Å². The Bertz CT molecular complexity index is 280. The van der Waals surface area contributed by atoms with E-state index in [1.807, 2.05) is 0 Å². The zero-order chi connectivity index (χ0) is 15.9. The van der Waals surface area contributed by atoms with Crippen LogP contribution in [0, 0.1) is 0 Å². The van der Waals surface area contributed by atoms with Crippen molar-refractivity contribution in [2.24, 2.45) is 0 Å². The Balaban J connectivity index is 0. The van der Waals surface area contributed by atoms with Gasteiger partial charge in [0.25, 0.3) is 0 Å². The summed E-state index contributed by atoms with van der Waals surface area (Å²) in [4.78, 5) is 0. The molecular weight excluding hydrogens is 282 g/mol. The zero-order valence-electron chi connectivity index (χ0n) is 12.8. The van der Waals surface area contributed by atoms with Crippen LogP contribution in [0.1, 0.15) is 65.2 Å². The third-order valence-corrected chi connectivity index (χ3v) is 3.10. The molecular formula is C13H31NO5S. The second kappa shape index (κ2) is 15.2. The molecule has 0 spiro atoms. The molecule has 124 valence electrons. The summed E-state index contributed by atoms with van der Waals surface area (Å²) in [5, 5.41) is 8.30. The Labute approximate surface area is 123 Å². The quantitative estimate of drug-likeness (QED) is 0.338. The molecule has 0 rings (SSSR count). The molecule has 7 heteroatoms. The maximum absolute atomic E-state index is 10.1. The average molecular weight is 313 g/mol. The van der Waals surface area contributed by atoms with Gasteiger partial charge in [0, 0.05) is 0 Å². The Morgan fingerprint density at radius 2 is 1.50 bits per heavy atom. The maximum Gasteiger partial charge on any atom is 0.217 e. The predicted octanol–water partition coefficient (Wildman–Crippen LogP) is 1.21. The van der Waals surface area contributed by atoms with Gasteiger partial charge in [-0.3, -0.25) is 4.18 Å². The Hall–Kier alpha value is -0.210. The van der Waals surface area contributed by atoms with Gasteiger partial charge in [-0.1, -0.05) is 51.9 Å². The first-order chi connectivity index (χ1) is 9.33. The molecule has 0 saturated heterocycles. The summed E-state index contributed by atoms with van der Waals surface area (Å²) in [6, 6.07) is 0. The lowest BCUT2D eigenvalue weighted by molar-refractivity contribution is -0.382. The van der Waals surface area contributed by atoms with Crippen LogP contribution in [0.4, 0.5) is 0 Å². The smallest absolute Gasteiger partial charge is 0.217 e. The SMILES string of the molecule is CC(O)C[NH3+].CCCCCCCCCCOS(=O)(=O)[O-]. The van der Waals surface area contributed by atoms with E-state index in [1.54, 1.807) is 6.92 Å². The molecule has 1 unspecified atom stereocenters. The minimum absolute atomic E-state index is 0.0286. The highest BCUT2D eigenvalue weighted by atomic mass is 32.3. The fourth-order valence-corrected chi connectivity index (χ4v) is 1.72.